The smallest absolute Gasteiger partial charge is 0.326 e. The molecule has 1 amide bonds. The Bertz CT molecular complexity index is 541. The van der Waals surface area contributed by atoms with Gasteiger partial charge >= 0.3 is 11.9 Å². The summed E-state index contributed by atoms with van der Waals surface area (Å²) in [6.45, 7) is 0. The first-order chi connectivity index (χ1) is 9.85. The third kappa shape index (κ3) is 4.83. The number of amides is 1. The van der Waals surface area contributed by atoms with Gasteiger partial charge in [0.1, 0.15) is 17.7 Å². The second kappa shape index (κ2) is 7.32. The minimum Gasteiger partial charge on any atom is -0.480 e. The lowest BCUT2D eigenvalue weighted by Crippen LogP contribution is -2.43. The van der Waals surface area contributed by atoms with Crippen LogP contribution in [-0.4, -0.2) is 36.1 Å². The van der Waals surface area contributed by atoms with Gasteiger partial charge in [-0.25, -0.2) is 13.6 Å². The van der Waals surface area contributed by atoms with Gasteiger partial charge in [0.2, 0.25) is 5.91 Å². The summed E-state index contributed by atoms with van der Waals surface area (Å²) in [5, 5.41) is 10.9. The van der Waals surface area contributed by atoms with Crippen LogP contribution in [0.2, 0.25) is 0 Å². The van der Waals surface area contributed by atoms with Crippen LogP contribution in [-0.2, 0) is 25.5 Å². The zero-order valence-corrected chi connectivity index (χ0v) is 11.1. The molecule has 6 nitrogen and oxygen atoms in total. The van der Waals surface area contributed by atoms with Gasteiger partial charge in [0.25, 0.3) is 0 Å². The molecule has 1 rings (SSSR count). The highest BCUT2D eigenvalue weighted by molar-refractivity contribution is 5.88. The zero-order valence-electron chi connectivity index (χ0n) is 11.1. The summed E-state index contributed by atoms with van der Waals surface area (Å²) in [4.78, 5) is 33.6. The first-order valence-corrected chi connectivity index (χ1v) is 5.87. The summed E-state index contributed by atoms with van der Waals surface area (Å²) in [5.41, 5.74) is -0.475. The molecule has 0 heterocycles. The minimum absolute atomic E-state index is 0.475. The molecular weight excluding hydrogens is 288 g/mol. The van der Waals surface area contributed by atoms with E-state index in [2.05, 4.69) is 4.74 Å². The lowest BCUT2D eigenvalue weighted by atomic mass is 10.1. The van der Waals surface area contributed by atoms with Crippen molar-refractivity contribution in [3.8, 4) is 0 Å². The lowest BCUT2D eigenvalue weighted by Gasteiger charge is -2.13. The average Bonchev–Trinajstić information content (AvgIpc) is 2.42. The van der Waals surface area contributed by atoms with Crippen molar-refractivity contribution in [1.29, 1.82) is 0 Å². The predicted octanol–water partition coefficient (Wildman–Crippen LogP) is 0.640. The molecule has 0 aromatic heterocycles. The van der Waals surface area contributed by atoms with Crippen molar-refractivity contribution in [2.24, 2.45) is 0 Å². The van der Waals surface area contributed by atoms with E-state index < -0.39 is 53.9 Å². The minimum atomic E-state index is -1.53. The summed E-state index contributed by atoms with van der Waals surface area (Å²) in [7, 11) is 1.07. The van der Waals surface area contributed by atoms with Gasteiger partial charge in [0, 0.05) is 5.56 Å². The average molecular weight is 301 g/mol. The third-order valence-electron chi connectivity index (χ3n) is 2.63. The van der Waals surface area contributed by atoms with Crippen LogP contribution in [0.1, 0.15) is 12.0 Å². The van der Waals surface area contributed by atoms with E-state index in [0.29, 0.717) is 0 Å². The van der Waals surface area contributed by atoms with Gasteiger partial charge in [0.15, 0.2) is 0 Å². The highest BCUT2D eigenvalue weighted by Gasteiger charge is 2.24. The molecule has 0 saturated carbocycles. The molecule has 21 heavy (non-hydrogen) atoms. The number of aliphatic carboxylic acids is 1. The van der Waals surface area contributed by atoms with Gasteiger partial charge < -0.3 is 15.2 Å². The molecule has 1 atom stereocenters. The highest BCUT2D eigenvalue weighted by atomic mass is 19.1. The van der Waals surface area contributed by atoms with Crippen molar-refractivity contribution in [2.45, 2.75) is 18.9 Å². The Kier molecular flexibility index (Phi) is 5.77. The standard InChI is InChI=1S/C13H13F2NO5/c1-21-12(18)6-10(13(19)20)16-11(17)5-7-8(14)3-2-4-9(7)15/h2-4,10H,5-6H2,1H3,(H,16,17)(H,19,20)/t10-/m0/s1. The number of carbonyl (C=O) groups is 3. The summed E-state index contributed by atoms with van der Waals surface area (Å²) in [5.74, 6) is -5.03. The predicted molar refractivity (Wildman–Crippen MR) is 66.3 cm³/mol. The molecule has 8 heteroatoms. The summed E-state index contributed by atoms with van der Waals surface area (Å²) in [6.07, 6.45) is -1.26. The van der Waals surface area contributed by atoms with E-state index in [9.17, 15) is 23.2 Å². The SMILES string of the molecule is COC(=O)C[C@H](NC(=O)Cc1c(F)cccc1F)C(=O)O. The van der Waals surface area contributed by atoms with Crippen molar-refractivity contribution in [3.05, 3.63) is 35.4 Å². The molecule has 1 aromatic rings. The number of ether oxygens (including phenoxy) is 1. The number of methoxy groups -OCH3 is 1. The molecule has 0 unspecified atom stereocenters. The van der Waals surface area contributed by atoms with Gasteiger partial charge in [-0.15, -0.1) is 0 Å². The van der Waals surface area contributed by atoms with Crippen LogP contribution in [0.5, 0.6) is 0 Å². The summed E-state index contributed by atoms with van der Waals surface area (Å²) >= 11 is 0. The number of carboxylic acid groups (broad SMARTS) is 1. The molecule has 1 aromatic carbocycles. The van der Waals surface area contributed by atoms with Gasteiger partial charge in [-0.2, -0.15) is 0 Å². The first-order valence-electron chi connectivity index (χ1n) is 5.87. The number of carbonyl (C=O) groups excluding carboxylic acids is 2. The fourth-order valence-electron chi connectivity index (χ4n) is 1.56. The maximum Gasteiger partial charge on any atom is 0.326 e. The van der Waals surface area contributed by atoms with Crippen LogP contribution in [0.15, 0.2) is 18.2 Å². The van der Waals surface area contributed by atoms with Gasteiger partial charge in [-0.3, -0.25) is 9.59 Å². The van der Waals surface area contributed by atoms with E-state index in [0.717, 1.165) is 25.3 Å². The molecule has 0 saturated heterocycles. The molecule has 0 aliphatic rings. The Morgan fingerprint density at radius 2 is 1.86 bits per heavy atom. The van der Waals surface area contributed by atoms with E-state index in [1.807, 2.05) is 5.32 Å². The number of benzene rings is 1. The monoisotopic (exact) mass is 301 g/mol. The van der Waals surface area contributed by atoms with E-state index in [1.165, 1.54) is 0 Å². The van der Waals surface area contributed by atoms with Crippen molar-refractivity contribution in [3.63, 3.8) is 0 Å². The second-order valence-corrected chi connectivity index (χ2v) is 4.12. The Balaban J connectivity index is 2.74. The van der Waals surface area contributed by atoms with Gasteiger partial charge in [-0.1, -0.05) is 6.07 Å². The number of nitrogens with one attached hydrogen (secondary N) is 1. The lowest BCUT2D eigenvalue weighted by molar-refractivity contribution is -0.148. The topological polar surface area (TPSA) is 92.7 Å². The molecule has 0 aliphatic heterocycles. The molecule has 0 spiro atoms. The number of rotatable bonds is 6. The Labute approximate surface area is 118 Å². The van der Waals surface area contributed by atoms with Gasteiger partial charge in [0.05, 0.1) is 20.0 Å². The Hall–Kier alpha value is -2.51. The second-order valence-electron chi connectivity index (χ2n) is 4.12. The van der Waals surface area contributed by atoms with Crippen LogP contribution in [0, 0.1) is 11.6 Å². The van der Waals surface area contributed by atoms with E-state index in [-0.39, 0.29) is 0 Å². The van der Waals surface area contributed by atoms with E-state index in [4.69, 9.17) is 5.11 Å². The molecule has 0 fully saturated rings. The number of halogens is 2. The normalized spacial score (nSPS) is 11.6. The maximum absolute atomic E-state index is 13.4. The number of carboxylic acids is 1. The molecular formula is C13H13F2NO5. The highest BCUT2D eigenvalue weighted by Crippen LogP contribution is 2.12. The zero-order chi connectivity index (χ0) is 16.0. The summed E-state index contributed by atoms with van der Waals surface area (Å²) in [6, 6.07) is 1.58. The van der Waals surface area contributed by atoms with Crippen molar-refractivity contribution in [2.75, 3.05) is 7.11 Å². The molecule has 0 bridgehead atoms. The van der Waals surface area contributed by atoms with Crippen LogP contribution >= 0.6 is 0 Å². The number of hydrogen-bond donors (Lipinski definition) is 2. The number of hydrogen-bond acceptors (Lipinski definition) is 4. The van der Waals surface area contributed by atoms with Gasteiger partial charge in [-0.05, 0) is 12.1 Å². The van der Waals surface area contributed by atoms with Crippen molar-refractivity contribution < 1.29 is 33.0 Å². The van der Waals surface area contributed by atoms with Crippen LogP contribution in [0.3, 0.4) is 0 Å². The van der Waals surface area contributed by atoms with Crippen LogP contribution in [0.4, 0.5) is 8.78 Å². The van der Waals surface area contributed by atoms with E-state index in [1.54, 1.807) is 0 Å². The van der Waals surface area contributed by atoms with Crippen LogP contribution in [0.25, 0.3) is 0 Å². The summed E-state index contributed by atoms with van der Waals surface area (Å²) < 4.78 is 31.0. The number of esters is 1. The molecule has 2 N–H and O–H groups in total. The Morgan fingerprint density at radius 3 is 2.33 bits per heavy atom. The van der Waals surface area contributed by atoms with Crippen LogP contribution < -0.4 is 5.32 Å². The first kappa shape index (κ1) is 16.5. The maximum atomic E-state index is 13.4. The molecule has 0 radical (unpaired) electrons. The van der Waals surface area contributed by atoms with Crippen molar-refractivity contribution >= 4 is 17.8 Å². The fourth-order valence-corrected chi connectivity index (χ4v) is 1.56. The quantitative estimate of drug-likeness (QED) is 0.752. The Morgan fingerprint density at radius 1 is 1.29 bits per heavy atom. The third-order valence-corrected chi connectivity index (χ3v) is 2.63. The fraction of sp³-hybridized carbons (Fsp3) is 0.308. The largest absolute Gasteiger partial charge is 0.480 e. The molecule has 114 valence electrons. The van der Waals surface area contributed by atoms with Crippen molar-refractivity contribution in [1.82, 2.24) is 5.32 Å². The molecule has 0 aliphatic carbocycles. The van der Waals surface area contributed by atoms with E-state index >= 15 is 0 Å².